The SMILES string of the molecule is CCn1nc(-c2ccccc2)cc(Nc2c[n+]([O-])ccc2C)c1=O.CCn1nc(-c2ccccc2)cc(Nc2cnccc2C)c1=O. The zero-order valence-electron chi connectivity index (χ0n) is 26.7. The summed E-state index contributed by atoms with van der Waals surface area (Å²) >= 11 is 0. The summed E-state index contributed by atoms with van der Waals surface area (Å²) in [6.07, 6.45) is 6.28. The number of hydrogen-bond acceptors (Lipinski definition) is 8. The molecule has 0 radical (unpaired) electrons. The van der Waals surface area contributed by atoms with E-state index < -0.39 is 0 Å². The van der Waals surface area contributed by atoms with Crippen LogP contribution in [0.2, 0.25) is 0 Å². The maximum absolute atomic E-state index is 12.5. The molecule has 0 aliphatic rings. The van der Waals surface area contributed by atoms with E-state index in [-0.39, 0.29) is 11.1 Å². The van der Waals surface area contributed by atoms with Crippen molar-refractivity contribution < 1.29 is 4.73 Å². The second-order valence-electron chi connectivity index (χ2n) is 10.7. The summed E-state index contributed by atoms with van der Waals surface area (Å²) in [6.45, 7) is 8.60. The number of hydrogen-bond donors (Lipinski definition) is 2. The molecular formula is C36H36N8O3. The van der Waals surface area contributed by atoms with Gasteiger partial charge in [-0.3, -0.25) is 14.6 Å². The van der Waals surface area contributed by atoms with Crippen LogP contribution in [0.25, 0.3) is 22.5 Å². The van der Waals surface area contributed by atoms with Crippen LogP contribution in [0.3, 0.4) is 0 Å². The maximum Gasteiger partial charge on any atom is 0.290 e. The van der Waals surface area contributed by atoms with Crippen LogP contribution in [0.1, 0.15) is 25.0 Å². The summed E-state index contributed by atoms with van der Waals surface area (Å²) in [4.78, 5) is 29.2. The van der Waals surface area contributed by atoms with Crippen molar-refractivity contribution in [3.63, 3.8) is 0 Å². The van der Waals surface area contributed by atoms with Gasteiger partial charge >= 0.3 is 0 Å². The Morgan fingerprint density at radius 3 is 1.66 bits per heavy atom. The number of nitrogens with zero attached hydrogens (tertiary/aromatic N) is 6. The number of pyridine rings is 2. The summed E-state index contributed by atoms with van der Waals surface area (Å²) < 4.78 is 3.58. The minimum atomic E-state index is -0.224. The fourth-order valence-corrected chi connectivity index (χ4v) is 4.75. The van der Waals surface area contributed by atoms with Gasteiger partial charge in [-0.05, 0) is 57.0 Å². The number of rotatable bonds is 8. The Balaban J connectivity index is 0.000000185. The first kappa shape index (κ1) is 32.3. The Labute approximate surface area is 272 Å². The van der Waals surface area contributed by atoms with Crippen LogP contribution >= 0.6 is 0 Å². The third-order valence-electron chi connectivity index (χ3n) is 7.42. The van der Waals surface area contributed by atoms with Gasteiger partial charge in [0.1, 0.15) is 17.1 Å². The topological polar surface area (TPSA) is 134 Å². The van der Waals surface area contributed by atoms with Crippen molar-refractivity contribution in [3.05, 3.63) is 147 Å². The van der Waals surface area contributed by atoms with E-state index >= 15 is 0 Å². The summed E-state index contributed by atoms with van der Waals surface area (Å²) in [6, 6.07) is 26.6. The lowest BCUT2D eigenvalue weighted by Crippen LogP contribution is -2.27. The molecule has 0 amide bonds. The number of aromatic nitrogens is 6. The molecule has 11 heteroatoms. The lowest BCUT2D eigenvalue weighted by molar-refractivity contribution is -0.604. The molecule has 47 heavy (non-hydrogen) atoms. The molecule has 4 aromatic heterocycles. The lowest BCUT2D eigenvalue weighted by Gasteiger charge is -2.12. The Kier molecular flexibility index (Phi) is 10.2. The van der Waals surface area contributed by atoms with Gasteiger partial charge in [0.05, 0.1) is 23.3 Å². The number of anilines is 4. The van der Waals surface area contributed by atoms with E-state index in [0.717, 1.165) is 33.6 Å². The zero-order chi connectivity index (χ0) is 33.3. The molecule has 0 bridgehead atoms. The standard InChI is InChI=1S/C18H18N4O2.C18H18N4O/c1-3-22-18(23)16(19-17-12-21(24)10-9-13(17)2)11-15(20-22)14-7-5-4-6-8-14;1-3-22-18(23)16(20-17-12-19-10-9-13(17)2)11-15(21-22)14-7-5-4-6-8-14/h4-12,19H,3H2,1-2H3;4-12,20H,3H2,1-2H3. The first-order valence-corrected chi connectivity index (χ1v) is 15.3. The molecule has 0 fully saturated rings. The highest BCUT2D eigenvalue weighted by atomic mass is 16.5. The average molecular weight is 629 g/mol. The third-order valence-corrected chi connectivity index (χ3v) is 7.42. The van der Waals surface area contributed by atoms with Gasteiger partial charge in [-0.1, -0.05) is 60.7 Å². The number of aryl methyl sites for hydroxylation is 4. The van der Waals surface area contributed by atoms with Crippen LogP contribution in [0.5, 0.6) is 0 Å². The second-order valence-corrected chi connectivity index (χ2v) is 10.7. The van der Waals surface area contributed by atoms with Gasteiger partial charge in [0, 0.05) is 36.5 Å². The molecule has 6 rings (SSSR count). The molecule has 0 aliphatic heterocycles. The van der Waals surface area contributed by atoms with Gasteiger partial charge in [0.2, 0.25) is 6.20 Å². The highest BCUT2D eigenvalue weighted by Crippen LogP contribution is 2.23. The first-order valence-electron chi connectivity index (χ1n) is 15.3. The minimum Gasteiger partial charge on any atom is -0.619 e. The third kappa shape index (κ3) is 7.77. The van der Waals surface area contributed by atoms with E-state index in [4.69, 9.17) is 0 Å². The van der Waals surface area contributed by atoms with Crippen LogP contribution in [-0.2, 0) is 13.1 Å². The van der Waals surface area contributed by atoms with E-state index in [1.165, 1.54) is 21.8 Å². The Bertz CT molecular complexity index is 2090. The van der Waals surface area contributed by atoms with Crippen molar-refractivity contribution in [2.75, 3.05) is 10.6 Å². The number of benzene rings is 2. The average Bonchev–Trinajstić information content (AvgIpc) is 3.10. The van der Waals surface area contributed by atoms with Gasteiger partial charge in [-0.25, -0.2) is 9.36 Å². The monoisotopic (exact) mass is 628 g/mol. The van der Waals surface area contributed by atoms with Crippen molar-refractivity contribution in [2.24, 2.45) is 0 Å². The quantitative estimate of drug-likeness (QED) is 0.155. The molecule has 0 unspecified atom stereocenters. The molecule has 2 aromatic carbocycles. The molecule has 0 atom stereocenters. The van der Waals surface area contributed by atoms with Crippen LogP contribution in [0.15, 0.2) is 119 Å². The minimum absolute atomic E-state index is 0.143. The first-order chi connectivity index (χ1) is 22.8. The van der Waals surface area contributed by atoms with Crippen molar-refractivity contribution in [3.8, 4) is 22.5 Å². The Hall–Kier alpha value is -6.10. The number of nitrogens with one attached hydrogen (secondary N) is 2. The van der Waals surface area contributed by atoms with Crippen molar-refractivity contribution in [1.29, 1.82) is 0 Å². The molecule has 6 aromatic rings. The van der Waals surface area contributed by atoms with Crippen molar-refractivity contribution >= 4 is 22.7 Å². The van der Waals surface area contributed by atoms with Gasteiger partial charge in [0.25, 0.3) is 11.1 Å². The van der Waals surface area contributed by atoms with E-state index in [1.54, 1.807) is 30.6 Å². The fraction of sp³-hybridized carbons (Fsp3) is 0.167. The second kappa shape index (κ2) is 14.8. The summed E-state index contributed by atoms with van der Waals surface area (Å²) in [5, 5.41) is 26.6. The van der Waals surface area contributed by atoms with E-state index in [9.17, 15) is 14.8 Å². The molecule has 4 heterocycles. The highest BCUT2D eigenvalue weighted by molar-refractivity contribution is 5.69. The van der Waals surface area contributed by atoms with Gasteiger partial charge < -0.3 is 15.8 Å². The molecular weight excluding hydrogens is 592 g/mol. The van der Waals surface area contributed by atoms with Gasteiger partial charge in [-0.15, -0.1) is 0 Å². The Morgan fingerprint density at radius 2 is 1.17 bits per heavy atom. The summed E-state index contributed by atoms with van der Waals surface area (Å²) in [5.74, 6) is 0. The summed E-state index contributed by atoms with van der Waals surface area (Å²) in [5.41, 5.74) is 7.19. The van der Waals surface area contributed by atoms with E-state index in [1.807, 2.05) is 94.4 Å². The van der Waals surface area contributed by atoms with E-state index in [2.05, 4.69) is 25.8 Å². The van der Waals surface area contributed by atoms with Gasteiger partial charge in [0.15, 0.2) is 6.20 Å². The molecule has 11 nitrogen and oxygen atoms in total. The van der Waals surface area contributed by atoms with Crippen LogP contribution in [-0.4, -0.2) is 24.5 Å². The molecule has 238 valence electrons. The predicted octanol–water partition coefficient (Wildman–Crippen LogP) is 5.99. The van der Waals surface area contributed by atoms with Crippen LogP contribution in [0, 0.1) is 19.1 Å². The normalized spacial score (nSPS) is 10.6. The van der Waals surface area contributed by atoms with Gasteiger partial charge in [-0.2, -0.15) is 14.9 Å². The van der Waals surface area contributed by atoms with Crippen LogP contribution < -0.4 is 26.5 Å². The fourth-order valence-electron chi connectivity index (χ4n) is 4.75. The zero-order valence-corrected chi connectivity index (χ0v) is 26.7. The molecule has 0 saturated carbocycles. The largest absolute Gasteiger partial charge is 0.619 e. The molecule has 0 spiro atoms. The molecule has 0 aliphatic carbocycles. The lowest BCUT2D eigenvalue weighted by atomic mass is 10.1. The van der Waals surface area contributed by atoms with Crippen molar-refractivity contribution in [1.82, 2.24) is 24.5 Å². The molecule has 0 saturated heterocycles. The maximum atomic E-state index is 12.5. The van der Waals surface area contributed by atoms with E-state index in [0.29, 0.717) is 40.6 Å². The van der Waals surface area contributed by atoms with Crippen molar-refractivity contribution in [2.45, 2.75) is 40.8 Å². The predicted molar refractivity (Wildman–Crippen MR) is 185 cm³/mol. The summed E-state index contributed by atoms with van der Waals surface area (Å²) in [7, 11) is 0. The highest BCUT2D eigenvalue weighted by Gasteiger charge is 2.13. The Morgan fingerprint density at radius 1 is 0.681 bits per heavy atom. The smallest absolute Gasteiger partial charge is 0.290 e. The molecule has 2 N–H and O–H groups in total. The van der Waals surface area contributed by atoms with Crippen LogP contribution in [0.4, 0.5) is 22.7 Å².